The molecule has 4 N–H and O–H groups in total. The van der Waals surface area contributed by atoms with Crippen molar-refractivity contribution in [3.05, 3.63) is 18.0 Å². The zero-order chi connectivity index (χ0) is 14.0. The Balaban J connectivity index is 2.05. The second-order valence-electron chi connectivity index (χ2n) is 4.89. The molecule has 0 bridgehead atoms. The van der Waals surface area contributed by atoms with Crippen molar-refractivity contribution in [2.75, 3.05) is 12.3 Å². The molecule has 0 aliphatic heterocycles. The molecule has 0 aromatic carbocycles. The molecule has 1 atom stereocenters. The van der Waals surface area contributed by atoms with Gasteiger partial charge in [0.2, 0.25) is 5.91 Å². The van der Waals surface area contributed by atoms with Crippen LogP contribution < -0.4 is 16.4 Å². The van der Waals surface area contributed by atoms with E-state index in [0.29, 0.717) is 24.0 Å². The number of nitrogen functional groups attached to an aromatic ring is 1. The summed E-state index contributed by atoms with van der Waals surface area (Å²) in [6.45, 7) is 4.05. The van der Waals surface area contributed by atoms with Gasteiger partial charge < -0.3 is 20.9 Å². The van der Waals surface area contributed by atoms with Gasteiger partial charge in [0.15, 0.2) is 0 Å². The highest BCUT2D eigenvalue weighted by atomic mass is 16.2. The second kappa shape index (κ2) is 5.34. The van der Waals surface area contributed by atoms with Gasteiger partial charge in [-0.15, -0.1) is 0 Å². The van der Waals surface area contributed by atoms with Crippen molar-refractivity contribution < 1.29 is 9.59 Å². The maximum Gasteiger partial charge on any atom is 0.268 e. The quantitative estimate of drug-likeness (QED) is 0.730. The summed E-state index contributed by atoms with van der Waals surface area (Å²) >= 11 is 0. The SMILES string of the molecule is CCNC(=O)C(C)NC(=O)c1cc(N)cn1C1CC1. The van der Waals surface area contributed by atoms with Crippen LogP contribution in [-0.2, 0) is 4.79 Å². The van der Waals surface area contributed by atoms with E-state index in [4.69, 9.17) is 5.73 Å². The minimum Gasteiger partial charge on any atom is -0.397 e. The molecule has 0 spiro atoms. The Hall–Kier alpha value is -1.98. The van der Waals surface area contributed by atoms with E-state index in [2.05, 4.69) is 10.6 Å². The van der Waals surface area contributed by atoms with Crippen LogP contribution in [0.5, 0.6) is 0 Å². The maximum atomic E-state index is 12.2. The van der Waals surface area contributed by atoms with Crippen LogP contribution in [0.3, 0.4) is 0 Å². The average molecular weight is 264 g/mol. The molecular formula is C13H20N4O2. The molecule has 6 nitrogen and oxygen atoms in total. The summed E-state index contributed by atoms with van der Waals surface area (Å²) in [7, 11) is 0. The summed E-state index contributed by atoms with van der Waals surface area (Å²) in [6, 6.07) is 1.46. The molecule has 19 heavy (non-hydrogen) atoms. The Morgan fingerprint density at radius 2 is 2.21 bits per heavy atom. The fourth-order valence-corrected chi connectivity index (χ4v) is 2.00. The molecule has 2 rings (SSSR count). The third-order valence-electron chi connectivity index (χ3n) is 3.13. The van der Waals surface area contributed by atoms with Crippen LogP contribution in [0.4, 0.5) is 5.69 Å². The smallest absolute Gasteiger partial charge is 0.268 e. The lowest BCUT2D eigenvalue weighted by molar-refractivity contribution is -0.122. The lowest BCUT2D eigenvalue weighted by Gasteiger charge is -2.14. The number of amides is 2. The first-order chi connectivity index (χ1) is 9.02. The number of nitrogens with two attached hydrogens (primary N) is 1. The molecule has 1 unspecified atom stereocenters. The van der Waals surface area contributed by atoms with Gasteiger partial charge in [-0.1, -0.05) is 0 Å². The highest BCUT2D eigenvalue weighted by molar-refractivity contribution is 5.97. The normalized spacial score (nSPS) is 15.9. The number of hydrogen-bond acceptors (Lipinski definition) is 3. The fourth-order valence-electron chi connectivity index (χ4n) is 2.00. The van der Waals surface area contributed by atoms with Gasteiger partial charge in [0.1, 0.15) is 11.7 Å². The number of nitrogens with zero attached hydrogens (tertiary/aromatic N) is 1. The lowest BCUT2D eigenvalue weighted by Crippen LogP contribution is -2.45. The Morgan fingerprint density at radius 1 is 1.53 bits per heavy atom. The third-order valence-corrected chi connectivity index (χ3v) is 3.13. The van der Waals surface area contributed by atoms with Gasteiger partial charge >= 0.3 is 0 Å². The number of carbonyl (C=O) groups excluding carboxylic acids is 2. The first kappa shape index (κ1) is 13.5. The number of likely N-dealkylation sites (N-methyl/N-ethyl adjacent to an activating group) is 1. The summed E-state index contributed by atoms with van der Waals surface area (Å²) in [5, 5.41) is 5.36. The van der Waals surface area contributed by atoms with Crippen LogP contribution in [0.1, 0.15) is 43.2 Å². The van der Waals surface area contributed by atoms with Gasteiger partial charge in [0, 0.05) is 18.8 Å². The highest BCUT2D eigenvalue weighted by Gasteiger charge is 2.28. The van der Waals surface area contributed by atoms with Crippen molar-refractivity contribution >= 4 is 17.5 Å². The molecule has 1 fully saturated rings. The zero-order valence-electron chi connectivity index (χ0n) is 11.3. The molecule has 0 radical (unpaired) electrons. The van der Waals surface area contributed by atoms with E-state index in [0.717, 1.165) is 12.8 Å². The van der Waals surface area contributed by atoms with Gasteiger partial charge in [0.05, 0.1) is 5.69 Å². The zero-order valence-corrected chi connectivity index (χ0v) is 11.3. The summed E-state index contributed by atoms with van der Waals surface area (Å²) < 4.78 is 1.90. The van der Waals surface area contributed by atoms with E-state index in [1.807, 2.05) is 11.5 Å². The molecule has 1 aromatic rings. The minimum absolute atomic E-state index is 0.187. The fraction of sp³-hybridized carbons (Fsp3) is 0.538. The molecule has 2 amide bonds. The molecule has 1 aliphatic carbocycles. The molecular weight excluding hydrogens is 244 g/mol. The number of nitrogens with one attached hydrogen (secondary N) is 2. The summed E-state index contributed by atoms with van der Waals surface area (Å²) in [5.74, 6) is -0.448. The minimum atomic E-state index is -0.559. The summed E-state index contributed by atoms with van der Waals surface area (Å²) in [6.07, 6.45) is 3.92. The van der Waals surface area contributed by atoms with E-state index in [1.165, 1.54) is 0 Å². The molecule has 1 heterocycles. The van der Waals surface area contributed by atoms with Crippen LogP contribution in [0, 0.1) is 0 Å². The first-order valence-electron chi connectivity index (χ1n) is 6.58. The van der Waals surface area contributed by atoms with Gasteiger partial charge in [-0.2, -0.15) is 0 Å². The van der Waals surface area contributed by atoms with Crippen LogP contribution >= 0.6 is 0 Å². The molecule has 1 aliphatic rings. The van der Waals surface area contributed by atoms with E-state index in [-0.39, 0.29) is 11.8 Å². The van der Waals surface area contributed by atoms with Crippen molar-refractivity contribution in [1.29, 1.82) is 0 Å². The summed E-state index contributed by atoms with van der Waals surface area (Å²) in [5.41, 5.74) is 6.84. The topological polar surface area (TPSA) is 89.2 Å². The number of hydrogen-bond donors (Lipinski definition) is 3. The molecule has 104 valence electrons. The van der Waals surface area contributed by atoms with E-state index in [9.17, 15) is 9.59 Å². The largest absolute Gasteiger partial charge is 0.397 e. The molecule has 0 saturated heterocycles. The standard InChI is InChI=1S/C13H20N4O2/c1-3-15-12(18)8(2)16-13(19)11-6-9(14)7-17(11)10-4-5-10/h6-8,10H,3-5,14H2,1-2H3,(H,15,18)(H,16,19). The Morgan fingerprint density at radius 3 is 2.79 bits per heavy atom. The van der Waals surface area contributed by atoms with Gasteiger partial charge in [-0.3, -0.25) is 9.59 Å². The van der Waals surface area contributed by atoms with Crippen molar-refractivity contribution in [3.63, 3.8) is 0 Å². The highest BCUT2D eigenvalue weighted by Crippen LogP contribution is 2.37. The van der Waals surface area contributed by atoms with E-state index in [1.54, 1.807) is 19.2 Å². The molecule has 1 saturated carbocycles. The van der Waals surface area contributed by atoms with Crippen LogP contribution in [0.15, 0.2) is 12.3 Å². The Kier molecular flexibility index (Phi) is 3.78. The first-order valence-corrected chi connectivity index (χ1v) is 6.58. The number of anilines is 1. The number of rotatable bonds is 5. The predicted octanol–water partition coefficient (Wildman–Crippen LogP) is 0.660. The molecule has 1 aromatic heterocycles. The predicted molar refractivity (Wildman–Crippen MR) is 72.7 cm³/mol. The van der Waals surface area contributed by atoms with Crippen LogP contribution in [0.2, 0.25) is 0 Å². The Labute approximate surface area is 112 Å². The third kappa shape index (κ3) is 3.07. The van der Waals surface area contributed by atoms with Gasteiger partial charge in [0.25, 0.3) is 5.91 Å². The van der Waals surface area contributed by atoms with Crippen molar-refractivity contribution in [2.24, 2.45) is 0 Å². The number of carbonyl (C=O) groups is 2. The average Bonchev–Trinajstić information content (AvgIpc) is 3.12. The van der Waals surface area contributed by atoms with Crippen molar-refractivity contribution in [3.8, 4) is 0 Å². The van der Waals surface area contributed by atoms with Gasteiger partial charge in [-0.25, -0.2) is 0 Å². The lowest BCUT2D eigenvalue weighted by atomic mass is 10.3. The van der Waals surface area contributed by atoms with E-state index >= 15 is 0 Å². The number of aromatic nitrogens is 1. The second-order valence-corrected chi connectivity index (χ2v) is 4.89. The summed E-state index contributed by atoms with van der Waals surface area (Å²) in [4.78, 5) is 23.8. The van der Waals surface area contributed by atoms with E-state index < -0.39 is 6.04 Å². The maximum absolute atomic E-state index is 12.2. The Bertz CT molecular complexity index is 491. The van der Waals surface area contributed by atoms with Crippen molar-refractivity contribution in [2.45, 2.75) is 38.8 Å². The van der Waals surface area contributed by atoms with Gasteiger partial charge in [-0.05, 0) is 32.8 Å². The van der Waals surface area contributed by atoms with Crippen LogP contribution in [-0.4, -0.2) is 29.0 Å². The monoisotopic (exact) mass is 264 g/mol. The molecule has 6 heteroatoms. The van der Waals surface area contributed by atoms with Crippen molar-refractivity contribution in [1.82, 2.24) is 15.2 Å². The van der Waals surface area contributed by atoms with Crippen LogP contribution in [0.25, 0.3) is 0 Å².